The molecule has 6 aromatic rings. The van der Waals surface area contributed by atoms with Gasteiger partial charge in [-0.25, -0.2) is 29.9 Å². The first-order chi connectivity index (χ1) is 27.6. The van der Waals surface area contributed by atoms with E-state index in [-0.39, 0.29) is 48.5 Å². The minimum Gasteiger partial charge on any atom is -0.400 e. The SMILES string of the molecule is C=Cc1cc(Nc2cc3ccn(CCO)c(=O)c3c(NC(C)(C)C)n2)ncn1.CCc1cc(Nc2cc3ccn(CCO)c(=O)c3c(NC(C)(C)C)n2)ncn1.CO. The summed E-state index contributed by atoms with van der Waals surface area (Å²) in [5, 5.41) is 40.9. The minimum absolute atomic E-state index is 0.103. The topological polar surface area (TPSA) is 230 Å². The highest BCUT2D eigenvalue weighted by Gasteiger charge is 2.19. The van der Waals surface area contributed by atoms with Crippen LogP contribution in [0.15, 0.2) is 77.6 Å². The van der Waals surface area contributed by atoms with E-state index in [0.717, 1.165) is 30.0 Å². The predicted molar refractivity (Wildman–Crippen MR) is 231 cm³/mol. The Morgan fingerprint density at radius 3 is 1.53 bits per heavy atom. The molecule has 6 rings (SSSR count). The summed E-state index contributed by atoms with van der Waals surface area (Å²) in [4.78, 5) is 51.8. The Morgan fingerprint density at radius 2 is 1.12 bits per heavy atom. The standard InChI is InChI=1S/C20H26N6O2.C20H24N6O2.CH4O/c2*1-5-14-11-15(22-12-21-14)23-16-10-13-6-7-26(8-9-27)19(28)17(13)18(24-16)25-20(2,3)4;1-2/h6-7,10-12,27H,5,8-9H2,1-4H3,(H2,21,22,23,24,25);5-7,10-12,27H,1,8-9H2,2-4H3,(H2,21,22,23,24,25);2H,1H3. The molecule has 58 heavy (non-hydrogen) atoms. The molecule has 0 saturated carbocycles. The van der Waals surface area contributed by atoms with Gasteiger partial charge in [-0.1, -0.05) is 13.5 Å². The molecule has 0 aliphatic heterocycles. The Hall–Kier alpha value is -6.30. The van der Waals surface area contributed by atoms with Gasteiger partial charge in [0.15, 0.2) is 0 Å². The van der Waals surface area contributed by atoms with Gasteiger partial charge in [0.25, 0.3) is 11.1 Å². The van der Waals surface area contributed by atoms with Gasteiger partial charge in [0, 0.05) is 61.5 Å². The number of hydrogen-bond acceptors (Lipinski definition) is 15. The normalized spacial score (nSPS) is 11.2. The first-order valence-electron chi connectivity index (χ1n) is 18.7. The van der Waals surface area contributed by atoms with Gasteiger partial charge in [0.05, 0.1) is 29.7 Å². The molecule has 0 aliphatic carbocycles. The summed E-state index contributed by atoms with van der Waals surface area (Å²) in [5.74, 6) is 3.32. The van der Waals surface area contributed by atoms with Crippen LogP contribution in [0, 0.1) is 0 Å². The van der Waals surface area contributed by atoms with E-state index in [1.807, 2.05) is 72.7 Å². The summed E-state index contributed by atoms with van der Waals surface area (Å²) in [6, 6.07) is 10.9. The van der Waals surface area contributed by atoms with Gasteiger partial charge >= 0.3 is 0 Å². The number of pyridine rings is 4. The van der Waals surface area contributed by atoms with Gasteiger partial charge in [-0.15, -0.1) is 0 Å². The average Bonchev–Trinajstić information content (AvgIpc) is 3.17. The molecule has 308 valence electrons. The molecule has 0 aliphatic rings. The van der Waals surface area contributed by atoms with Crippen LogP contribution in [-0.4, -0.2) is 85.8 Å². The van der Waals surface area contributed by atoms with E-state index < -0.39 is 0 Å². The third-order valence-corrected chi connectivity index (χ3v) is 8.08. The molecular weight excluding hydrogens is 741 g/mol. The van der Waals surface area contributed by atoms with Crippen molar-refractivity contribution in [3.63, 3.8) is 0 Å². The van der Waals surface area contributed by atoms with Crippen LogP contribution < -0.4 is 32.4 Å². The Morgan fingerprint density at radius 1 is 0.672 bits per heavy atom. The Balaban J connectivity index is 0.000000246. The Kier molecular flexibility index (Phi) is 15.1. The number of rotatable bonds is 12. The van der Waals surface area contributed by atoms with Gasteiger partial charge in [-0.05, 0) is 89.1 Å². The van der Waals surface area contributed by atoms with Gasteiger partial charge < -0.3 is 45.7 Å². The van der Waals surface area contributed by atoms with Crippen molar-refractivity contribution < 1.29 is 15.3 Å². The molecule has 0 atom stereocenters. The maximum absolute atomic E-state index is 12.9. The number of aliphatic hydroxyl groups is 3. The number of aryl methyl sites for hydroxylation is 1. The number of fused-ring (bicyclic) bond motifs is 2. The molecule has 0 unspecified atom stereocenters. The number of hydrogen-bond donors (Lipinski definition) is 7. The van der Waals surface area contributed by atoms with Crippen molar-refractivity contribution in [2.45, 2.75) is 79.1 Å². The highest BCUT2D eigenvalue weighted by molar-refractivity contribution is 5.94. The molecule has 0 bridgehead atoms. The van der Waals surface area contributed by atoms with Crippen LogP contribution in [0.25, 0.3) is 27.6 Å². The lowest BCUT2D eigenvalue weighted by Crippen LogP contribution is -2.29. The van der Waals surface area contributed by atoms with Crippen LogP contribution in [0.5, 0.6) is 0 Å². The second-order valence-electron chi connectivity index (χ2n) is 15.0. The van der Waals surface area contributed by atoms with Crippen LogP contribution in [-0.2, 0) is 19.5 Å². The van der Waals surface area contributed by atoms with Crippen LogP contribution in [0.4, 0.5) is 34.9 Å². The maximum atomic E-state index is 12.9. The molecule has 6 aromatic heterocycles. The number of nitrogens with one attached hydrogen (secondary N) is 4. The summed E-state index contributed by atoms with van der Waals surface area (Å²) in [6.07, 6.45) is 8.77. The Labute approximate surface area is 337 Å². The highest BCUT2D eigenvalue weighted by atomic mass is 16.3. The zero-order chi connectivity index (χ0) is 42.6. The molecule has 0 amide bonds. The van der Waals surface area contributed by atoms with Crippen molar-refractivity contribution in [1.29, 1.82) is 0 Å². The molecule has 17 nitrogen and oxygen atoms in total. The maximum Gasteiger partial charge on any atom is 0.262 e. The van der Waals surface area contributed by atoms with Crippen LogP contribution in [0.2, 0.25) is 0 Å². The number of nitrogens with zero attached hydrogens (tertiary/aromatic N) is 8. The van der Waals surface area contributed by atoms with Crippen LogP contribution >= 0.6 is 0 Å². The van der Waals surface area contributed by atoms with E-state index in [2.05, 4.69) is 57.7 Å². The lowest BCUT2D eigenvalue weighted by Gasteiger charge is -2.23. The van der Waals surface area contributed by atoms with Crippen molar-refractivity contribution in [2.24, 2.45) is 0 Å². The fraction of sp³-hybridized carbons (Fsp3) is 0.366. The quantitative estimate of drug-likeness (QED) is 0.0857. The van der Waals surface area contributed by atoms with Crippen molar-refractivity contribution in [2.75, 3.05) is 41.6 Å². The molecule has 6 heterocycles. The molecular formula is C41H54N12O5. The molecule has 0 saturated heterocycles. The lowest BCUT2D eigenvalue weighted by atomic mass is 10.1. The van der Waals surface area contributed by atoms with Crippen molar-refractivity contribution in [3.05, 3.63) is 100 Å². The van der Waals surface area contributed by atoms with Gasteiger partial charge in [-0.2, -0.15) is 0 Å². The third-order valence-electron chi connectivity index (χ3n) is 8.08. The fourth-order valence-corrected chi connectivity index (χ4v) is 5.67. The largest absolute Gasteiger partial charge is 0.400 e. The molecule has 0 radical (unpaired) electrons. The van der Waals surface area contributed by atoms with Crippen molar-refractivity contribution in [1.82, 2.24) is 39.0 Å². The minimum atomic E-state index is -0.298. The molecule has 17 heteroatoms. The summed E-state index contributed by atoms with van der Waals surface area (Å²) >= 11 is 0. The summed E-state index contributed by atoms with van der Waals surface area (Å²) in [6.45, 7) is 18.0. The first-order valence-corrected chi connectivity index (χ1v) is 18.7. The van der Waals surface area contributed by atoms with Crippen molar-refractivity contribution in [3.8, 4) is 0 Å². The number of aliphatic hydroxyl groups excluding tert-OH is 3. The molecule has 7 N–H and O–H groups in total. The summed E-state index contributed by atoms with van der Waals surface area (Å²) in [5.41, 5.74) is 0.651. The van der Waals surface area contributed by atoms with E-state index in [9.17, 15) is 19.8 Å². The van der Waals surface area contributed by atoms with E-state index >= 15 is 0 Å². The summed E-state index contributed by atoms with van der Waals surface area (Å²) in [7, 11) is 1.00. The molecule has 0 fully saturated rings. The van der Waals surface area contributed by atoms with Gasteiger partial charge in [-0.3, -0.25) is 9.59 Å². The van der Waals surface area contributed by atoms with Gasteiger partial charge in [0.1, 0.15) is 47.6 Å². The fourth-order valence-electron chi connectivity index (χ4n) is 5.67. The van der Waals surface area contributed by atoms with E-state index in [1.165, 1.54) is 21.8 Å². The van der Waals surface area contributed by atoms with Gasteiger partial charge in [0.2, 0.25) is 0 Å². The second-order valence-corrected chi connectivity index (χ2v) is 15.0. The third kappa shape index (κ3) is 11.9. The van der Waals surface area contributed by atoms with Crippen LogP contribution in [0.3, 0.4) is 0 Å². The predicted octanol–water partition coefficient (Wildman–Crippen LogP) is 5.08. The zero-order valence-corrected chi connectivity index (χ0v) is 34.3. The van der Waals surface area contributed by atoms with E-state index in [0.29, 0.717) is 51.4 Å². The van der Waals surface area contributed by atoms with Crippen LogP contribution in [0.1, 0.15) is 59.9 Å². The smallest absolute Gasteiger partial charge is 0.262 e. The average molecular weight is 795 g/mol. The Bertz CT molecular complexity index is 2450. The van der Waals surface area contributed by atoms with Crippen molar-refractivity contribution >= 4 is 62.5 Å². The molecule has 0 spiro atoms. The first kappa shape index (κ1) is 44.4. The monoisotopic (exact) mass is 794 g/mol. The number of aromatic nitrogens is 8. The molecule has 0 aromatic carbocycles. The lowest BCUT2D eigenvalue weighted by molar-refractivity contribution is 0.274. The van der Waals surface area contributed by atoms with E-state index in [1.54, 1.807) is 30.6 Å². The zero-order valence-electron chi connectivity index (χ0n) is 34.3. The summed E-state index contributed by atoms with van der Waals surface area (Å²) < 4.78 is 2.97. The second kappa shape index (κ2) is 19.7. The number of anilines is 6. The highest BCUT2D eigenvalue weighted by Crippen LogP contribution is 2.28. The van der Waals surface area contributed by atoms with E-state index in [4.69, 9.17) is 5.11 Å².